The summed E-state index contributed by atoms with van der Waals surface area (Å²) in [5.41, 5.74) is 0. The van der Waals surface area contributed by atoms with Crippen LogP contribution in [0.1, 0.15) is 13.3 Å². The maximum Gasteiger partial charge on any atom is 0.303 e. The Morgan fingerprint density at radius 2 is 2.05 bits per heavy atom. The highest BCUT2D eigenvalue weighted by Crippen LogP contribution is 2.26. The second kappa shape index (κ2) is 6.59. The fourth-order valence-corrected chi connectivity index (χ4v) is 3.81. The fourth-order valence-electron chi connectivity index (χ4n) is 1.48. The number of hydrogen-bond donors (Lipinski definition) is 2. The van der Waals surface area contributed by atoms with Crippen LogP contribution in [-0.4, -0.2) is 26.0 Å². The van der Waals surface area contributed by atoms with Crippen molar-refractivity contribution in [2.75, 3.05) is 6.54 Å². The topological polar surface area (TPSA) is 83.5 Å². The SMILES string of the molecule is CC(CNS(=O)(=O)c1c(F)cc(F)cc1Br)CC(=O)O. The Bertz CT molecular complexity index is 598. The number of carboxylic acids is 1. The molecular weight excluding hydrogens is 360 g/mol. The molecule has 0 heterocycles. The average molecular weight is 372 g/mol. The van der Waals surface area contributed by atoms with Gasteiger partial charge in [-0.2, -0.15) is 0 Å². The molecule has 1 aromatic rings. The molecule has 1 aromatic carbocycles. The van der Waals surface area contributed by atoms with E-state index in [2.05, 4.69) is 20.7 Å². The van der Waals surface area contributed by atoms with Gasteiger partial charge in [0.25, 0.3) is 0 Å². The van der Waals surface area contributed by atoms with E-state index in [1.165, 1.54) is 6.92 Å². The lowest BCUT2D eigenvalue weighted by molar-refractivity contribution is -0.137. The van der Waals surface area contributed by atoms with Gasteiger partial charge in [-0.15, -0.1) is 0 Å². The van der Waals surface area contributed by atoms with Crippen LogP contribution in [0.2, 0.25) is 0 Å². The third-order valence-electron chi connectivity index (χ3n) is 2.38. The van der Waals surface area contributed by atoms with Crippen molar-refractivity contribution in [2.45, 2.75) is 18.2 Å². The summed E-state index contributed by atoms with van der Waals surface area (Å²) in [4.78, 5) is 9.76. The van der Waals surface area contributed by atoms with E-state index in [1.807, 2.05) is 0 Å². The lowest BCUT2D eigenvalue weighted by Gasteiger charge is -2.12. The fraction of sp³-hybridized carbons (Fsp3) is 0.364. The van der Waals surface area contributed by atoms with Crippen LogP contribution >= 0.6 is 15.9 Å². The number of hydrogen-bond acceptors (Lipinski definition) is 3. The summed E-state index contributed by atoms with van der Waals surface area (Å²) in [6.45, 7) is 1.37. The Kier molecular flexibility index (Phi) is 5.60. The number of halogens is 3. The molecule has 0 spiro atoms. The third kappa shape index (κ3) is 4.50. The van der Waals surface area contributed by atoms with Gasteiger partial charge in [0.2, 0.25) is 10.0 Å². The molecule has 5 nitrogen and oxygen atoms in total. The highest BCUT2D eigenvalue weighted by molar-refractivity contribution is 9.10. The maximum absolute atomic E-state index is 13.6. The molecule has 20 heavy (non-hydrogen) atoms. The molecule has 9 heteroatoms. The van der Waals surface area contributed by atoms with Crippen molar-refractivity contribution in [3.05, 3.63) is 28.2 Å². The summed E-state index contributed by atoms with van der Waals surface area (Å²) < 4.78 is 52.2. The zero-order valence-electron chi connectivity index (χ0n) is 10.4. The summed E-state index contributed by atoms with van der Waals surface area (Å²) in [7, 11) is -4.20. The van der Waals surface area contributed by atoms with E-state index in [0.29, 0.717) is 6.07 Å². The van der Waals surface area contributed by atoms with E-state index in [-0.39, 0.29) is 17.4 Å². The van der Waals surface area contributed by atoms with Crippen LogP contribution in [0, 0.1) is 17.6 Å². The molecule has 0 fully saturated rings. The third-order valence-corrected chi connectivity index (χ3v) is 4.76. The molecular formula is C11H12BrF2NO4S. The minimum Gasteiger partial charge on any atom is -0.481 e. The van der Waals surface area contributed by atoms with Gasteiger partial charge in [-0.05, 0) is 27.9 Å². The molecule has 2 N–H and O–H groups in total. The number of carbonyl (C=O) groups is 1. The molecule has 0 radical (unpaired) electrons. The minimum atomic E-state index is -4.20. The first-order chi connectivity index (χ1) is 9.13. The number of sulfonamides is 1. The van der Waals surface area contributed by atoms with Crippen molar-refractivity contribution in [3.63, 3.8) is 0 Å². The van der Waals surface area contributed by atoms with E-state index in [0.717, 1.165) is 6.07 Å². The van der Waals surface area contributed by atoms with Gasteiger partial charge in [-0.1, -0.05) is 6.92 Å². The second-order valence-corrected chi connectivity index (χ2v) is 6.81. The number of rotatable bonds is 6. The van der Waals surface area contributed by atoms with E-state index in [4.69, 9.17) is 5.11 Å². The van der Waals surface area contributed by atoms with Crippen molar-refractivity contribution < 1.29 is 27.1 Å². The first-order valence-electron chi connectivity index (χ1n) is 5.49. The van der Waals surface area contributed by atoms with Gasteiger partial charge in [0.05, 0.1) is 0 Å². The molecule has 0 aliphatic rings. The van der Waals surface area contributed by atoms with Gasteiger partial charge < -0.3 is 5.11 Å². The minimum absolute atomic E-state index is 0.169. The summed E-state index contributed by atoms with van der Waals surface area (Å²) in [6.07, 6.45) is -0.227. The Morgan fingerprint density at radius 3 is 2.55 bits per heavy atom. The molecule has 0 aliphatic carbocycles. The van der Waals surface area contributed by atoms with Gasteiger partial charge >= 0.3 is 5.97 Å². The monoisotopic (exact) mass is 371 g/mol. The quantitative estimate of drug-likeness (QED) is 0.801. The van der Waals surface area contributed by atoms with Crippen molar-refractivity contribution in [1.29, 1.82) is 0 Å². The Morgan fingerprint density at radius 1 is 1.45 bits per heavy atom. The first-order valence-corrected chi connectivity index (χ1v) is 7.77. The first kappa shape index (κ1) is 17.0. The molecule has 0 saturated carbocycles. The van der Waals surface area contributed by atoms with E-state index >= 15 is 0 Å². The summed E-state index contributed by atoms with van der Waals surface area (Å²) in [5.74, 6) is -3.67. The van der Waals surface area contributed by atoms with E-state index in [9.17, 15) is 22.0 Å². The standard InChI is InChI=1S/C11H12BrF2NO4S/c1-6(2-10(16)17)5-15-20(18,19)11-8(12)3-7(13)4-9(11)14/h3-4,6,15H,2,5H2,1H3,(H,16,17). The van der Waals surface area contributed by atoms with Crippen molar-refractivity contribution in [3.8, 4) is 0 Å². The molecule has 1 unspecified atom stereocenters. The van der Waals surface area contributed by atoms with E-state index < -0.39 is 38.4 Å². The normalized spacial score (nSPS) is 13.2. The van der Waals surface area contributed by atoms with Crippen LogP contribution in [0.15, 0.2) is 21.5 Å². The van der Waals surface area contributed by atoms with Gasteiger partial charge in [-0.25, -0.2) is 21.9 Å². The van der Waals surface area contributed by atoms with Crippen molar-refractivity contribution in [1.82, 2.24) is 4.72 Å². The lowest BCUT2D eigenvalue weighted by atomic mass is 10.1. The summed E-state index contributed by atoms with van der Waals surface area (Å²) in [6, 6.07) is 1.29. The Balaban J connectivity index is 2.93. The van der Waals surface area contributed by atoms with Crippen LogP contribution in [-0.2, 0) is 14.8 Å². The zero-order valence-corrected chi connectivity index (χ0v) is 12.8. The van der Waals surface area contributed by atoms with Gasteiger partial charge in [0, 0.05) is 23.5 Å². The van der Waals surface area contributed by atoms with Crippen LogP contribution in [0.5, 0.6) is 0 Å². The zero-order chi connectivity index (χ0) is 15.5. The predicted molar refractivity (Wildman–Crippen MR) is 70.7 cm³/mol. The highest BCUT2D eigenvalue weighted by Gasteiger charge is 2.24. The summed E-state index contributed by atoms with van der Waals surface area (Å²) in [5, 5.41) is 8.56. The number of benzene rings is 1. The molecule has 0 bridgehead atoms. The number of aliphatic carboxylic acids is 1. The Labute approximate surface area is 123 Å². The lowest BCUT2D eigenvalue weighted by Crippen LogP contribution is -2.30. The van der Waals surface area contributed by atoms with Crippen LogP contribution in [0.3, 0.4) is 0 Å². The summed E-state index contributed by atoms with van der Waals surface area (Å²) >= 11 is 2.79. The smallest absolute Gasteiger partial charge is 0.303 e. The molecule has 1 atom stereocenters. The van der Waals surface area contributed by atoms with Crippen LogP contribution < -0.4 is 4.72 Å². The van der Waals surface area contributed by atoms with Gasteiger partial charge in [0.15, 0.2) is 0 Å². The van der Waals surface area contributed by atoms with Crippen LogP contribution in [0.4, 0.5) is 8.78 Å². The molecule has 0 saturated heterocycles. The predicted octanol–water partition coefficient (Wildman–Crippen LogP) is 2.12. The second-order valence-electron chi connectivity index (χ2n) is 4.25. The molecule has 0 amide bonds. The highest BCUT2D eigenvalue weighted by atomic mass is 79.9. The van der Waals surface area contributed by atoms with Crippen molar-refractivity contribution in [2.24, 2.45) is 5.92 Å². The number of carboxylic acid groups (broad SMARTS) is 1. The number of nitrogens with one attached hydrogen (secondary N) is 1. The molecule has 0 aliphatic heterocycles. The van der Waals surface area contributed by atoms with Gasteiger partial charge in [0.1, 0.15) is 16.5 Å². The van der Waals surface area contributed by atoms with Gasteiger partial charge in [-0.3, -0.25) is 4.79 Å². The van der Waals surface area contributed by atoms with Crippen molar-refractivity contribution >= 4 is 31.9 Å². The molecule has 1 rings (SSSR count). The van der Waals surface area contributed by atoms with Crippen LogP contribution in [0.25, 0.3) is 0 Å². The average Bonchev–Trinajstić information content (AvgIpc) is 2.23. The van der Waals surface area contributed by atoms with E-state index in [1.54, 1.807) is 0 Å². The Hall–Kier alpha value is -1.06. The largest absolute Gasteiger partial charge is 0.481 e. The molecule has 0 aromatic heterocycles. The molecule has 112 valence electrons. The maximum atomic E-state index is 13.6.